The van der Waals surface area contributed by atoms with E-state index in [9.17, 15) is 4.79 Å². The highest BCUT2D eigenvalue weighted by Crippen LogP contribution is 2.19. The lowest BCUT2D eigenvalue weighted by Crippen LogP contribution is -2.50. The van der Waals surface area contributed by atoms with Gasteiger partial charge in [0.25, 0.3) is 0 Å². The van der Waals surface area contributed by atoms with Gasteiger partial charge in [0.05, 0.1) is 25.7 Å². The van der Waals surface area contributed by atoms with Gasteiger partial charge >= 0.3 is 0 Å². The molecule has 1 aromatic carbocycles. The van der Waals surface area contributed by atoms with E-state index in [0.717, 1.165) is 62.9 Å². The molecule has 1 amide bonds. The third-order valence-electron chi connectivity index (χ3n) is 4.60. The molecule has 2 saturated heterocycles. The minimum Gasteiger partial charge on any atom is -0.379 e. The maximum atomic E-state index is 12.9. The maximum absolute atomic E-state index is 12.9. The number of morpholine rings is 1. The summed E-state index contributed by atoms with van der Waals surface area (Å²) < 4.78 is 5.44. The molecule has 132 valence electrons. The van der Waals surface area contributed by atoms with Gasteiger partial charge in [0, 0.05) is 37.0 Å². The lowest BCUT2D eigenvalue weighted by Gasteiger charge is -2.35. The average Bonchev–Trinajstić information content (AvgIpc) is 2.83. The molecule has 2 fully saturated rings. The zero-order valence-corrected chi connectivity index (χ0v) is 15.5. The summed E-state index contributed by atoms with van der Waals surface area (Å²) in [5, 5.41) is 0.711. The second kappa shape index (κ2) is 9.09. The molecule has 0 N–H and O–H groups in total. The molecule has 3 rings (SSSR count). The molecule has 1 unspecified atom stereocenters. The van der Waals surface area contributed by atoms with Gasteiger partial charge in [0.2, 0.25) is 5.91 Å². The molecule has 4 nitrogen and oxygen atoms in total. The fourth-order valence-electron chi connectivity index (χ4n) is 3.27. The Labute approximate surface area is 153 Å². The van der Waals surface area contributed by atoms with Gasteiger partial charge in [-0.25, -0.2) is 0 Å². The predicted molar refractivity (Wildman–Crippen MR) is 99.9 cm³/mol. The number of rotatable bonds is 4. The van der Waals surface area contributed by atoms with E-state index in [-0.39, 0.29) is 5.91 Å². The highest BCUT2D eigenvalue weighted by Gasteiger charge is 2.28. The van der Waals surface area contributed by atoms with Gasteiger partial charge in [-0.3, -0.25) is 9.69 Å². The minimum atomic E-state index is 0.234. The van der Waals surface area contributed by atoms with E-state index in [1.807, 2.05) is 36.0 Å². The van der Waals surface area contributed by atoms with Crippen molar-refractivity contribution in [3.8, 4) is 0 Å². The maximum Gasteiger partial charge on any atom is 0.227 e. The Balaban J connectivity index is 1.64. The number of benzene rings is 1. The summed E-state index contributed by atoms with van der Waals surface area (Å²) in [5.41, 5.74) is 1.03. The molecule has 0 aliphatic carbocycles. The van der Waals surface area contributed by atoms with Crippen molar-refractivity contribution >= 4 is 29.3 Å². The van der Waals surface area contributed by atoms with E-state index in [0.29, 0.717) is 17.5 Å². The first-order chi connectivity index (χ1) is 11.7. The lowest BCUT2D eigenvalue weighted by molar-refractivity contribution is -0.132. The predicted octanol–water partition coefficient (Wildman–Crippen LogP) is 2.55. The molecular weight excluding hydrogens is 344 g/mol. The zero-order valence-electron chi connectivity index (χ0n) is 14.0. The fraction of sp³-hybridized carbons (Fsp3) is 0.611. The summed E-state index contributed by atoms with van der Waals surface area (Å²) in [5.74, 6) is 2.41. The molecule has 0 bridgehead atoms. The van der Waals surface area contributed by atoms with E-state index in [2.05, 4.69) is 9.80 Å². The monoisotopic (exact) mass is 368 g/mol. The van der Waals surface area contributed by atoms with Gasteiger partial charge in [-0.1, -0.05) is 23.7 Å². The number of halogens is 1. The van der Waals surface area contributed by atoms with Crippen LogP contribution in [0.2, 0.25) is 5.02 Å². The quantitative estimate of drug-likeness (QED) is 0.817. The number of amides is 1. The van der Waals surface area contributed by atoms with E-state index in [4.69, 9.17) is 16.3 Å². The fourth-order valence-corrected chi connectivity index (χ4v) is 4.45. The molecule has 0 radical (unpaired) electrons. The number of carbonyl (C=O) groups is 1. The van der Waals surface area contributed by atoms with Gasteiger partial charge in [-0.05, 0) is 29.9 Å². The Morgan fingerprint density at radius 2 is 1.96 bits per heavy atom. The molecule has 2 heterocycles. The standard InChI is InChI=1S/C18H25ClN2O2S/c19-16-4-2-15(3-5-16)12-18(22)21-6-1-11-24-14-17(21)13-20-7-9-23-10-8-20/h2-5,17H,1,6-14H2. The highest BCUT2D eigenvalue weighted by molar-refractivity contribution is 7.99. The van der Waals surface area contributed by atoms with Crippen molar-refractivity contribution in [1.82, 2.24) is 9.80 Å². The molecule has 2 aliphatic rings. The van der Waals surface area contributed by atoms with Crippen molar-refractivity contribution in [2.75, 3.05) is 50.9 Å². The number of thioether (sulfide) groups is 1. The molecule has 1 aromatic rings. The molecule has 0 saturated carbocycles. The van der Waals surface area contributed by atoms with Crippen LogP contribution in [0.5, 0.6) is 0 Å². The van der Waals surface area contributed by atoms with Crippen molar-refractivity contribution in [2.45, 2.75) is 18.9 Å². The summed E-state index contributed by atoms with van der Waals surface area (Å²) in [6.45, 7) is 5.38. The first kappa shape index (κ1) is 18.1. The topological polar surface area (TPSA) is 32.8 Å². The smallest absolute Gasteiger partial charge is 0.227 e. The van der Waals surface area contributed by atoms with Crippen LogP contribution in [0.3, 0.4) is 0 Å². The Bertz CT molecular complexity index is 534. The second-order valence-electron chi connectivity index (χ2n) is 6.39. The van der Waals surface area contributed by atoms with E-state index >= 15 is 0 Å². The van der Waals surface area contributed by atoms with Crippen LogP contribution >= 0.6 is 23.4 Å². The van der Waals surface area contributed by atoms with Crippen molar-refractivity contribution < 1.29 is 9.53 Å². The van der Waals surface area contributed by atoms with E-state index in [1.165, 1.54) is 0 Å². The zero-order chi connectivity index (χ0) is 16.8. The summed E-state index contributed by atoms with van der Waals surface area (Å²) in [4.78, 5) is 17.4. The Hall–Kier alpha value is -0.750. The van der Waals surface area contributed by atoms with E-state index in [1.54, 1.807) is 0 Å². The van der Waals surface area contributed by atoms with Crippen LogP contribution in [0.4, 0.5) is 0 Å². The van der Waals surface area contributed by atoms with Gasteiger partial charge in [-0.15, -0.1) is 0 Å². The number of carbonyl (C=O) groups excluding carboxylic acids is 1. The Morgan fingerprint density at radius 1 is 1.21 bits per heavy atom. The Kier molecular flexibility index (Phi) is 6.84. The summed E-state index contributed by atoms with van der Waals surface area (Å²) in [6.07, 6.45) is 1.54. The van der Waals surface area contributed by atoms with Crippen LogP contribution in [0.25, 0.3) is 0 Å². The number of ether oxygens (including phenoxy) is 1. The largest absolute Gasteiger partial charge is 0.379 e. The molecule has 2 aliphatic heterocycles. The van der Waals surface area contributed by atoms with Gasteiger partial charge < -0.3 is 9.64 Å². The number of hydrogen-bond acceptors (Lipinski definition) is 4. The summed E-state index contributed by atoms with van der Waals surface area (Å²) in [6, 6.07) is 7.91. The average molecular weight is 369 g/mol. The van der Waals surface area contributed by atoms with E-state index < -0.39 is 0 Å². The number of hydrogen-bond donors (Lipinski definition) is 0. The van der Waals surface area contributed by atoms with Gasteiger partial charge in [0.1, 0.15) is 0 Å². The third-order valence-corrected chi connectivity index (χ3v) is 6.05. The summed E-state index contributed by atoms with van der Waals surface area (Å²) >= 11 is 7.91. The van der Waals surface area contributed by atoms with Crippen LogP contribution in [-0.4, -0.2) is 72.6 Å². The van der Waals surface area contributed by atoms with Crippen LogP contribution in [-0.2, 0) is 16.0 Å². The van der Waals surface area contributed by atoms with Crippen molar-refractivity contribution in [3.63, 3.8) is 0 Å². The molecule has 6 heteroatoms. The third kappa shape index (κ3) is 5.12. The van der Waals surface area contributed by atoms with Crippen LogP contribution in [0, 0.1) is 0 Å². The normalized spacial score (nSPS) is 23.0. The highest BCUT2D eigenvalue weighted by atomic mass is 35.5. The van der Waals surface area contributed by atoms with Crippen LogP contribution in [0.1, 0.15) is 12.0 Å². The molecule has 1 atom stereocenters. The molecule has 24 heavy (non-hydrogen) atoms. The first-order valence-electron chi connectivity index (χ1n) is 8.64. The second-order valence-corrected chi connectivity index (χ2v) is 7.97. The first-order valence-corrected chi connectivity index (χ1v) is 10.2. The van der Waals surface area contributed by atoms with Crippen molar-refractivity contribution in [1.29, 1.82) is 0 Å². The summed E-state index contributed by atoms with van der Waals surface area (Å²) in [7, 11) is 0. The molecule has 0 spiro atoms. The van der Waals surface area contributed by atoms with Crippen molar-refractivity contribution in [3.05, 3.63) is 34.9 Å². The lowest BCUT2D eigenvalue weighted by atomic mass is 10.1. The molecule has 0 aromatic heterocycles. The SMILES string of the molecule is O=C(Cc1ccc(Cl)cc1)N1CCCSCC1CN1CCOCC1. The van der Waals surface area contributed by atoms with Crippen molar-refractivity contribution in [2.24, 2.45) is 0 Å². The molecular formula is C18H25ClN2O2S. The van der Waals surface area contributed by atoms with Gasteiger partial charge in [0.15, 0.2) is 0 Å². The van der Waals surface area contributed by atoms with Crippen LogP contribution in [0.15, 0.2) is 24.3 Å². The Morgan fingerprint density at radius 3 is 2.71 bits per heavy atom. The van der Waals surface area contributed by atoms with Gasteiger partial charge in [-0.2, -0.15) is 11.8 Å². The minimum absolute atomic E-state index is 0.234. The van der Waals surface area contributed by atoms with Crippen LogP contribution < -0.4 is 0 Å². The number of nitrogens with zero attached hydrogens (tertiary/aromatic N) is 2.